The fraction of sp³-hybridized carbons (Fsp3) is 0.455. The van der Waals surface area contributed by atoms with Gasteiger partial charge in [-0.1, -0.05) is 11.6 Å². The molecule has 3 rings (SSSR count). The highest BCUT2D eigenvalue weighted by Crippen LogP contribution is 2.37. The number of nitriles is 1. The molecule has 1 aliphatic heterocycles. The molecule has 0 aliphatic carbocycles. The number of carbonyl (C=O) groups excluding carboxylic acids is 1. The molecule has 1 amide bonds. The van der Waals surface area contributed by atoms with E-state index in [4.69, 9.17) is 4.74 Å². The molecule has 1 fully saturated rings. The molecule has 170 valence electrons. The van der Waals surface area contributed by atoms with Crippen LogP contribution in [0.15, 0.2) is 16.4 Å². The Balaban J connectivity index is 2.04. The molecule has 2 heterocycles. The number of piperidine rings is 1. The number of nitrogens with one attached hydrogen (secondary N) is 1. The van der Waals surface area contributed by atoms with Crippen molar-refractivity contribution in [2.24, 2.45) is 0 Å². The third-order valence-corrected chi connectivity index (χ3v) is 4.98. The summed E-state index contributed by atoms with van der Waals surface area (Å²) in [4.78, 5) is 32.5. The van der Waals surface area contributed by atoms with Crippen molar-refractivity contribution in [3.05, 3.63) is 44.5 Å². The number of benzene rings is 1. The molecule has 0 saturated carbocycles. The van der Waals surface area contributed by atoms with E-state index in [2.05, 4.69) is 9.97 Å². The van der Waals surface area contributed by atoms with E-state index < -0.39 is 29.0 Å². The number of alkyl halides is 3. The van der Waals surface area contributed by atoms with Crippen LogP contribution < -0.4 is 5.56 Å². The molecule has 2 aromatic rings. The van der Waals surface area contributed by atoms with Gasteiger partial charge in [-0.3, -0.25) is 4.79 Å². The van der Waals surface area contributed by atoms with Gasteiger partial charge in [-0.05, 0) is 46.6 Å². The number of hydrogen-bond acceptors (Lipinski definition) is 5. The fourth-order valence-electron chi connectivity index (χ4n) is 3.59. The lowest BCUT2D eigenvalue weighted by Gasteiger charge is -2.31. The Morgan fingerprint density at radius 1 is 1.28 bits per heavy atom. The molecule has 7 nitrogen and oxygen atoms in total. The van der Waals surface area contributed by atoms with Gasteiger partial charge in [-0.15, -0.1) is 0 Å². The van der Waals surface area contributed by atoms with E-state index in [1.54, 1.807) is 26.8 Å². The number of halogens is 3. The summed E-state index contributed by atoms with van der Waals surface area (Å²) in [5, 5.41) is 9.48. The van der Waals surface area contributed by atoms with Gasteiger partial charge >= 0.3 is 12.3 Å². The van der Waals surface area contributed by atoms with Crippen LogP contribution in [0.1, 0.15) is 56.1 Å². The Kier molecular flexibility index (Phi) is 6.05. The third kappa shape index (κ3) is 4.93. The van der Waals surface area contributed by atoms with Crippen molar-refractivity contribution in [2.45, 2.75) is 52.3 Å². The summed E-state index contributed by atoms with van der Waals surface area (Å²) in [6.45, 7) is 7.26. The second-order valence-electron chi connectivity index (χ2n) is 8.64. The second-order valence-corrected chi connectivity index (χ2v) is 8.64. The smallest absolute Gasteiger partial charge is 0.417 e. The van der Waals surface area contributed by atoms with Crippen LogP contribution >= 0.6 is 0 Å². The van der Waals surface area contributed by atoms with Gasteiger partial charge in [0.2, 0.25) is 0 Å². The first-order chi connectivity index (χ1) is 14.8. The van der Waals surface area contributed by atoms with Crippen LogP contribution in [0.5, 0.6) is 0 Å². The number of H-pyrrole nitrogens is 1. The average molecular weight is 448 g/mol. The van der Waals surface area contributed by atoms with Gasteiger partial charge in [-0.2, -0.15) is 18.4 Å². The minimum atomic E-state index is -4.75. The Labute approximate surface area is 182 Å². The number of aryl methyl sites for hydroxylation is 1. The van der Waals surface area contributed by atoms with Gasteiger partial charge in [0.1, 0.15) is 17.5 Å². The maximum Gasteiger partial charge on any atom is 0.417 e. The van der Waals surface area contributed by atoms with Crippen LogP contribution in [0.3, 0.4) is 0 Å². The summed E-state index contributed by atoms with van der Waals surface area (Å²) < 4.78 is 46.9. The van der Waals surface area contributed by atoms with Crippen molar-refractivity contribution in [1.82, 2.24) is 14.9 Å². The molecule has 1 saturated heterocycles. The monoisotopic (exact) mass is 448 g/mol. The van der Waals surface area contributed by atoms with E-state index in [1.165, 1.54) is 17.9 Å². The Hall–Kier alpha value is -3.35. The van der Waals surface area contributed by atoms with E-state index in [0.717, 1.165) is 6.07 Å². The van der Waals surface area contributed by atoms with Gasteiger partial charge in [-0.25, -0.2) is 9.78 Å². The Morgan fingerprint density at radius 3 is 2.44 bits per heavy atom. The summed E-state index contributed by atoms with van der Waals surface area (Å²) in [7, 11) is 0. The maximum atomic E-state index is 13.9. The number of hydrogen-bond donors (Lipinski definition) is 1. The molecule has 1 N–H and O–H groups in total. The van der Waals surface area contributed by atoms with Crippen LogP contribution in [0.25, 0.3) is 17.0 Å². The highest BCUT2D eigenvalue weighted by molar-refractivity contribution is 5.90. The number of likely N-dealkylation sites (tertiary alicyclic amines) is 1. The first-order valence-corrected chi connectivity index (χ1v) is 10.0. The molecule has 32 heavy (non-hydrogen) atoms. The van der Waals surface area contributed by atoms with Gasteiger partial charge in [0.25, 0.3) is 5.56 Å². The van der Waals surface area contributed by atoms with Crippen molar-refractivity contribution < 1.29 is 22.7 Å². The van der Waals surface area contributed by atoms with E-state index in [-0.39, 0.29) is 40.9 Å². The average Bonchev–Trinajstić information content (AvgIpc) is 2.66. The number of nitrogens with zero attached hydrogens (tertiary/aromatic N) is 3. The molecule has 0 radical (unpaired) electrons. The lowest BCUT2D eigenvalue weighted by Crippen LogP contribution is -2.40. The molecular weight excluding hydrogens is 425 g/mol. The zero-order valence-electron chi connectivity index (χ0n) is 18.2. The van der Waals surface area contributed by atoms with E-state index in [1.807, 2.05) is 0 Å². The fourth-order valence-corrected chi connectivity index (χ4v) is 3.59. The predicted molar refractivity (Wildman–Crippen MR) is 112 cm³/mol. The van der Waals surface area contributed by atoms with Gasteiger partial charge in [0.05, 0.1) is 22.0 Å². The predicted octanol–water partition coefficient (Wildman–Crippen LogP) is 4.54. The van der Waals surface area contributed by atoms with Gasteiger partial charge < -0.3 is 14.6 Å². The van der Waals surface area contributed by atoms with Crippen LogP contribution in [0, 0.1) is 18.3 Å². The zero-order valence-corrected chi connectivity index (χ0v) is 18.2. The summed E-state index contributed by atoms with van der Waals surface area (Å²) >= 11 is 0. The summed E-state index contributed by atoms with van der Waals surface area (Å²) in [6.07, 6.45) is -3.28. The quantitative estimate of drug-likeness (QED) is 0.691. The first-order valence-electron chi connectivity index (χ1n) is 10.0. The van der Waals surface area contributed by atoms with E-state index in [9.17, 15) is 28.0 Å². The van der Waals surface area contributed by atoms with Crippen molar-refractivity contribution in [3.8, 4) is 6.07 Å². The number of rotatable bonds is 1. The number of ether oxygens (including phenoxy) is 1. The lowest BCUT2D eigenvalue weighted by atomic mass is 9.93. The third-order valence-electron chi connectivity index (χ3n) is 4.98. The first kappa shape index (κ1) is 23.3. The zero-order chi connectivity index (χ0) is 23.8. The molecule has 1 aromatic carbocycles. The minimum Gasteiger partial charge on any atom is -0.444 e. The number of fused-ring (bicyclic) bond motifs is 1. The molecule has 10 heteroatoms. The molecular formula is C22H23F3N4O3. The SMILES string of the molecule is Cc1nc2cc(C(F)(F)F)c(C=C3CCN(C(=O)OC(C)(C)C)CC3)c(C#N)c2c(=O)[nH]1. The Morgan fingerprint density at radius 2 is 1.91 bits per heavy atom. The van der Waals surface area contributed by atoms with Crippen LogP contribution in [0.4, 0.5) is 18.0 Å². The van der Waals surface area contributed by atoms with Crippen LogP contribution in [-0.2, 0) is 10.9 Å². The van der Waals surface area contributed by atoms with E-state index in [0.29, 0.717) is 18.4 Å². The summed E-state index contributed by atoms with van der Waals surface area (Å²) in [5.74, 6) is 0.153. The van der Waals surface area contributed by atoms with Crippen molar-refractivity contribution in [1.29, 1.82) is 5.26 Å². The van der Waals surface area contributed by atoms with Crippen molar-refractivity contribution >= 4 is 23.1 Å². The van der Waals surface area contributed by atoms with E-state index >= 15 is 0 Å². The second kappa shape index (κ2) is 8.30. The highest BCUT2D eigenvalue weighted by Gasteiger charge is 2.36. The van der Waals surface area contributed by atoms with Crippen molar-refractivity contribution in [3.63, 3.8) is 0 Å². The molecule has 1 aliphatic rings. The maximum absolute atomic E-state index is 13.9. The number of amides is 1. The van der Waals surface area contributed by atoms with Crippen LogP contribution in [-0.4, -0.2) is 39.7 Å². The number of aromatic amines is 1. The minimum absolute atomic E-state index is 0.153. The molecule has 0 bridgehead atoms. The number of carbonyl (C=O) groups is 1. The lowest BCUT2D eigenvalue weighted by molar-refractivity contribution is -0.137. The normalized spacial score (nSPS) is 14.9. The van der Waals surface area contributed by atoms with Gasteiger partial charge in [0.15, 0.2) is 0 Å². The number of aromatic nitrogens is 2. The highest BCUT2D eigenvalue weighted by atomic mass is 19.4. The summed E-state index contributed by atoms with van der Waals surface area (Å²) in [5.41, 5.74) is -2.62. The van der Waals surface area contributed by atoms with Crippen LogP contribution in [0.2, 0.25) is 0 Å². The Bertz CT molecular complexity index is 1190. The molecule has 0 spiro atoms. The molecule has 0 unspecified atom stereocenters. The molecule has 0 atom stereocenters. The topological polar surface area (TPSA) is 99.1 Å². The standard InChI is InChI=1S/C22H23F3N4O3/c1-12-27-17-10-16(22(23,24)25)14(15(11-26)18(17)19(30)28-12)9-13-5-7-29(8-6-13)20(31)32-21(2,3)4/h9-10H,5-8H2,1-4H3,(H,27,28,30). The molecule has 1 aromatic heterocycles. The summed E-state index contributed by atoms with van der Waals surface area (Å²) in [6, 6.07) is 2.57. The van der Waals surface area contributed by atoms with Crippen molar-refractivity contribution in [2.75, 3.05) is 13.1 Å². The largest absolute Gasteiger partial charge is 0.444 e. The van der Waals surface area contributed by atoms with Gasteiger partial charge in [0, 0.05) is 18.7 Å².